The highest BCUT2D eigenvalue weighted by Gasteiger charge is 2.24. The third kappa shape index (κ3) is 6.79. The number of amides is 1. The number of nitrogens with zero attached hydrogens (tertiary/aromatic N) is 2. The molecule has 0 aliphatic carbocycles. The molecule has 1 N–H and O–H groups in total. The predicted molar refractivity (Wildman–Crippen MR) is 144 cm³/mol. The van der Waals surface area contributed by atoms with Gasteiger partial charge in [0.25, 0.3) is 0 Å². The largest absolute Gasteiger partial charge is 0.497 e. The fourth-order valence-corrected chi connectivity index (χ4v) is 4.84. The molecular weight excluding hydrogens is 438 g/mol. The Morgan fingerprint density at radius 2 is 1.71 bits per heavy atom. The number of methoxy groups -OCH3 is 2. The average molecular weight is 480 g/mol. The molecule has 6 nitrogen and oxygen atoms in total. The van der Waals surface area contributed by atoms with Crippen molar-refractivity contribution >= 4 is 16.8 Å². The van der Waals surface area contributed by atoms with Crippen LogP contribution in [0.25, 0.3) is 10.9 Å². The van der Waals surface area contributed by atoms with Crippen LogP contribution < -0.4 is 14.8 Å². The van der Waals surface area contributed by atoms with Crippen LogP contribution in [-0.4, -0.2) is 55.3 Å². The van der Waals surface area contributed by atoms with Crippen molar-refractivity contribution in [3.05, 3.63) is 59.8 Å². The van der Waals surface area contributed by atoms with Crippen LogP contribution in [0.4, 0.5) is 0 Å². The Bertz CT molecular complexity index is 1080. The normalized spacial score (nSPS) is 13.1. The predicted octanol–water partition coefficient (Wildman–Crippen LogP) is 5.34. The summed E-state index contributed by atoms with van der Waals surface area (Å²) in [7, 11) is 5.35. The molecule has 6 heteroatoms. The molecule has 190 valence electrons. The van der Waals surface area contributed by atoms with Gasteiger partial charge in [0.05, 0.1) is 14.2 Å². The van der Waals surface area contributed by atoms with E-state index in [1.807, 2.05) is 37.4 Å². The molecule has 3 aromatic rings. The maximum atomic E-state index is 13.3. The van der Waals surface area contributed by atoms with E-state index in [0.29, 0.717) is 6.42 Å². The van der Waals surface area contributed by atoms with Gasteiger partial charge < -0.3 is 24.3 Å². The summed E-state index contributed by atoms with van der Waals surface area (Å²) in [5, 5.41) is 4.40. The van der Waals surface area contributed by atoms with Gasteiger partial charge in [-0.05, 0) is 68.7 Å². The molecule has 3 rings (SSSR count). The zero-order valence-electron chi connectivity index (χ0n) is 22.1. The van der Waals surface area contributed by atoms with Gasteiger partial charge in [-0.3, -0.25) is 4.79 Å². The molecule has 35 heavy (non-hydrogen) atoms. The number of fused-ring (bicyclic) bond motifs is 1. The van der Waals surface area contributed by atoms with E-state index in [4.69, 9.17) is 9.47 Å². The number of hydrogen-bond donors (Lipinski definition) is 1. The summed E-state index contributed by atoms with van der Waals surface area (Å²) in [6, 6.07) is 14.3. The number of hydrogen-bond acceptors (Lipinski definition) is 4. The summed E-state index contributed by atoms with van der Waals surface area (Å²) in [6.07, 6.45) is 4.53. The fraction of sp³-hybridized carbons (Fsp3) is 0.483. The zero-order chi connectivity index (χ0) is 25.4. The number of nitrogens with one attached hydrogen (secondary N) is 1. The van der Waals surface area contributed by atoms with Crippen LogP contribution in [0, 0.1) is 0 Å². The molecule has 0 spiro atoms. The van der Waals surface area contributed by atoms with E-state index in [1.165, 1.54) is 0 Å². The molecule has 0 aliphatic heterocycles. The zero-order valence-corrected chi connectivity index (χ0v) is 22.1. The van der Waals surface area contributed by atoms with E-state index >= 15 is 0 Å². The van der Waals surface area contributed by atoms with Gasteiger partial charge in [0, 0.05) is 48.6 Å². The molecule has 0 unspecified atom stereocenters. The second kappa shape index (κ2) is 12.6. The summed E-state index contributed by atoms with van der Waals surface area (Å²) in [5.74, 6) is 1.36. The fourth-order valence-electron chi connectivity index (χ4n) is 4.84. The standard InChI is InChI=1S/C29H41N3O3/c1-7-32(8-2)15-11-12-21(3)30-29(33)19-26(22-16-23(34-5)18-24(17-22)35-6)27-20-31(4)28-14-10-9-13-25(27)28/h9-10,13-14,16-18,20-21,26H,7-8,11-12,15,19H2,1-6H3,(H,30,33)/t21-,26-/m1/s1. The molecular formula is C29H41N3O3. The lowest BCUT2D eigenvalue weighted by Gasteiger charge is -2.22. The van der Waals surface area contributed by atoms with Gasteiger partial charge in [-0.25, -0.2) is 0 Å². The van der Waals surface area contributed by atoms with Crippen LogP contribution >= 0.6 is 0 Å². The molecule has 0 fully saturated rings. The Hall–Kier alpha value is -2.99. The highest BCUT2D eigenvalue weighted by molar-refractivity contribution is 5.86. The van der Waals surface area contributed by atoms with E-state index in [2.05, 4.69) is 53.9 Å². The minimum atomic E-state index is -0.132. The van der Waals surface area contributed by atoms with Gasteiger partial charge in [-0.15, -0.1) is 0 Å². The summed E-state index contributed by atoms with van der Waals surface area (Å²) < 4.78 is 13.2. The number of para-hydroxylation sites is 1. The minimum Gasteiger partial charge on any atom is -0.497 e. The van der Waals surface area contributed by atoms with Crippen molar-refractivity contribution in [2.24, 2.45) is 7.05 Å². The van der Waals surface area contributed by atoms with Gasteiger partial charge in [0.1, 0.15) is 11.5 Å². The number of benzene rings is 2. The Kier molecular flexibility index (Phi) is 9.61. The summed E-state index contributed by atoms with van der Waals surface area (Å²) >= 11 is 0. The number of rotatable bonds is 13. The minimum absolute atomic E-state index is 0.0556. The molecule has 1 heterocycles. The first-order valence-corrected chi connectivity index (χ1v) is 12.7. The SMILES string of the molecule is CCN(CC)CCC[C@@H](C)NC(=O)C[C@H](c1cc(OC)cc(OC)c1)c1cn(C)c2ccccc12. The van der Waals surface area contributed by atoms with Crippen molar-refractivity contribution in [2.75, 3.05) is 33.9 Å². The Balaban J connectivity index is 1.85. The topological polar surface area (TPSA) is 55.7 Å². The number of carbonyl (C=O) groups is 1. The van der Waals surface area contributed by atoms with Crippen LogP contribution in [0.15, 0.2) is 48.7 Å². The van der Waals surface area contributed by atoms with Crippen LogP contribution in [0.3, 0.4) is 0 Å². The molecule has 1 aromatic heterocycles. The number of aryl methyl sites for hydroxylation is 1. The average Bonchev–Trinajstić information content (AvgIpc) is 3.21. The van der Waals surface area contributed by atoms with Crippen molar-refractivity contribution < 1.29 is 14.3 Å². The van der Waals surface area contributed by atoms with Crippen LogP contribution in [0.5, 0.6) is 11.5 Å². The second-order valence-electron chi connectivity index (χ2n) is 9.25. The number of carbonyl (C=O) groups excluding carboxylic acids is 1. The van der Waals surface area contributed by atoms with Crippen LogP contribution in [0.1, 0.15) is 57.1 Å². The second-order valence-corrected chi connectivity index (χ2v) is 9.25. The van der Waals surface area contributed by atoms with Crippen molar-refractivity contribution in [1.82, 2.24) is 14.8 Å². The number of ether oxygens (including phenoxy) is 2. The van der Waals surface area contributed by atoms with Crippen molar-refractivity contribution in [3.8, 4) is 11.5 Å². The van der Waals surface area contributed by atoms with E-state index in [-0.39, 0.29) is 17.9 Å². The molecule has 0 radical (unpaired) electrons. The lowest BCUT2D eigenvalue weighted by molar-refractivity contribution is -0.121. The lowest BCUT2D eigenvalue weighted by atomic mass is 9.87. The smallest absolute Gasteiger partial charge is 0.221 e. The maximum absolute atomic E-state index is 13.3. The summed E-state index contributed by atoms with van der Waals surface area (Å²) in [6.45, 7) is 9.67. The van der Waals surface area contributed by atoms with Gasteiger partial charge in [-0.1, -0.05) is 32.0 Å². The Morgan fingerprint density at radius 1 is 1.06 bits per heavy atom. The Labute approximate surface area is 210 Å². The molecule has 1 amide bonds. The van der Waals surface area contributed by atoms with Gasteiger partial charge in [-0.2, -0.15) is 0 Å². The first-order valence-electron chi connectivity index (χ1n) is 12.7. The maximum Gasteiger partial charge on any atom is 0.221 e. The molecule has 2 aromatic carbocycles. The third-order valence-electron chi connectivity index (χ3n) is 6.88. The molecule has 2 atom stereocenters. The van der Waals surface area contributed by atoms with E-state index < -0.39 is 0 Å². The third-order valence-corrected chi connectivity index (χ3v) is 6.88. The van der Waals surface area contributed by atoms with E-state index in [1.54, 1.807) is 14.2 Å². The van der Waals surface area contributed by atoms with E-state index in [0.717, 1.165) is 66.0 Å². The lowest BCUT2D eigenvalue weighted by Crippen LogP contribution is -2.34. The quantitative estimate of drug-likeness (QED) is 0.359. The molecule has 0 saturated heterocycles. The molecule has 0 bridgehead atoms. The number of aromatic nitrogens is 1. The summed E-state index contributed by atoms with van der Waals surface area (Å²) in [4.78, 5) is 15.7. The Morgan fingerprint density at radius 3 is 2.34 bits per heavy atom. The van der Waals surface area contributed by atoms with Crippen molar-refractivity contribution in [2.45, 2.75) is 52.0 Å². The van der Waals surface area contributed by atoms with E-state index in [9.17, 15) is 4.79 Å². The van der Waals surface area contributed by atoms with Crippen LogP contribution in [-0.2, 0) is 11.8 Å². The monoisotopic (exact) mass is 479 g/mol. The first-order chi connectivity index (χ1) is 16.9. The molecule has 0 saturated carbocycles. The molecule has 0 aliphatic rings. The van der Waals surface area contributed by atoms with Gasteiger partial charge in [0.2, 0.25) is 5.91 Å². The highest BCUT2D eigenvalue weighted by atomic mass is 16.5. The van der Waals surface area contributed by atoms with Crippen molar-refractivity contribution in [3.63, 3.8) is 0 Å². The van der Waals surface area contributed by atoms with Crippen molar-refractivity contribution in [1.29, 1.82) is 0 Å². The first kappa shape index (κ1) is 26.6. The summed E-state index contributed by atoms with van der Waals surface area (Å²) in [5.41, 5.74) is 3.28. The van der Waals surface area contributed by atoms with Gasteiger partial charge >= 0.3 is 0 Å². The van der Waals surface area contributed by atoms with Crippen LogP contribution in [0.2, 0.25) is 0 Å². The van der Waals surface area contributed by atoms with Gasteiger partial charge in [0.15, 0.2) is 0 Å². The highest BCUT2D eigenvalue weighted by Crippen LogP contribution is 2.37.